The fraction of sp³-hybridized carbons (Fsp3) is 0.158. The Labute approximate surface area is 165 Å². The molecular weight excluding hydrogens is 391 g/mol. The van der Waals surface area contributed by atoms with Crippen LogP contribution < -0.4 is 10.1 Å². The molecule has 0 radical (unpaired) electrons. The molecule has 26 heavy (non-hydrogen) atoms. The number of carbonyl (C=O) groups excluding carboxylic acids is 1. The minimum Gasteiger partial charge on any atom is -0.494 e. The number of anilines is 1. The van der Waals surface area contributed by atoms with Crippen LogP contribution in [0.2, 0.25) is 10.0 Å². The van der Waals surface area contributed by atoms with E-state index in [1.54, 1.807) is 36.5 Å². The lowest BCUT2D eigenvalue weighted by atomic mass is 10.1. The smallest absolute Gasteiger partial charge is 0.257 e. The van der Waals surface area contributed by atoms with Crippen molar-refractivity contribution in [1.29, 1.82) is 0 Å². The SMILES string of the molecule is CCOc1ccc(C(=O)Nc2ncc(Cc3cccc(Cl)c3Cl)s2)cc1. The summed E-state index contributed by atoms with van der Waals surface area (Å²) in [5.41, 5.74) is 1.47. The van der Waals surface area contributed by atoms with Crippen LogP contribution in [-0.2, 0) is 6.42 Å². The van der Waals surface area contributed by atoms with Gasteiger partial charge in [-0.15, -0.1) is 11.3 Å². The van der Waals surface area contributed by atoms with Gasteiger partial charge < -0.3 is 4.74 Å². The molecule has 0 fully saturated rings. The molecule has 0 saturated heterocycles. The largest absolute Gasteiger partial charge is 0.494 e. The lowest BCUT2D eigenvalue weighted by molar-refractivity contribution is 0.102. The van der Waals surface area contributed by atoms with Crippen LogP contribution >= 0.6 is 34.5 Å². The van der Waals surface area contributed by atoms with E-state index in [0.29, 0.717) is 33.8 Å². The highest BCUT2D eigenvalue weighted by molar-refractivity contribution is 7.15. The van der Waals surface area contributed by atoms with Gasteiger partial charge in [0, 0.05) is 23.1 Å². The van der Waals surface area contributed by atoms with Crippen LogP contribution in [0.3, 0.4) is 0 Å². The fourth-order valence-electron chi connectivity index (χ4n) is 2.36. The number of thiazole rings is 1. The monoisotopic (exact) mass is 406 g/mol. The third-order valence-corrected chi connectivity index (χ3v) is 5.37. The van der Waals surface area contributed by atoms with Crippen molar-refractivity contribution in [2.75, 3.05) is 11.9 Å². The van der Waals surface area contributed by atoms with Crippen molar-refractivity contribution < 1.29 is 9.53 Å². The van der Waals surface area contributed by atoms with Crippen molar-refractivity contribution in [1.82, 2.24) is 4.98 Å². The average Bonchev–Trinajstić information content (AvgIpc) is 3.07. The second kappa shape index (κ2) is 8.54. The van der Waals surface area contributed by atoms with Gasteiger partial charge in [-0.1, -0.05) is 35.3 Å². The van der Waals surface area contributed by atoms with Gasteiger partial charge in [0.05, 0.1) is 16.7 Å². The van der Waals surface area contributed by atoms with E-state index in [4.69, 9.17) is 27.9 Å². The molecule has 0 spiro atoms. The van der Waals surface area contributed by atoms with Gasteiger partial charge in [0.25, 0.3) is 5.91 Å². The summed E-state index contributed by atoms with van der Waals surface area (Å²) in [5.74, 6) is 0.522. The van der Waals surface area contributed by atoms with Gasteiger partial charge in [-0.2, -0.15) is 0 Å². The Morgan fingerprint density at radius 2 is 1.96 bits per heavy atom. The maximum Gasteiger partial charge on any atom is 0.257 e. The molecule has 1 aromatic heterocycles. The van der Waals surface area contributed by atoms with Crippen molar-refractivity contribution in [2.24, 2.45) is 0 Å². The first-order chi connectivity index (χ1) is 12.6. The minimum atomic E-state index is -0.213. The van der Waals surface area contributed by atoms with E-state index in [1.807, 2.05) is 19.1 Å². The number of amides is 1. The molecule has 0 saturated carbocycles. The van der Waals surface area contributed by atoms with Crippen LogP contribution in [0, 0.1) is 0 Å². The molecule has 0 aliphatic carbocycles. The first-order valence-electron chi connectivity index (χ1n) is 7.98. The molecule has 1 amide bonds. The molecule has 0 aliphatic rings. The summed E-state index contributed by atoms with van der Waals surface area (Å²) < 4.78 is 5.37. The maximum atomic E-state index is 12.3. The Balaban J connectivity index is 1.66. The molecule has 3 rings (SSSR count). The van der Waals surface area contributed by atoms with Gasteiger partial charge in [0.15, 0.2) is 5.13 Å². The number of hydrogen-bond donors (Lipinski definition) is 1. The summed E-state index contributed by atoms with van der Waals surface area (Å²) in [6.07, 6.45) is 2.34. The second-order valence-electron chi connectivity index (χ2n) is 5.43. The molecule has 1 N–H and O–H groups in total. The van der Waals surface area contributed by atoms with Crippen molar-refractivity contribution in [3.63, 3.8) is 0 Å². The number of nitrogens with zero attached hydrogens (tertiary/aromatic N) is 1. The van der Waals surface area contributed by atoms with Gasteiger partial charge in [0.1, 0.15) is 5.75 Å². The van der Waals surface area contributed by atoms with Gasteiger partial charge in [-0.3, -0.25) is 10.1 Å². The number of halogens is 2. The molecule has 0 atom stereocenters. The van der Waals surface area contributed by atoms with Crippen LogP contribution in [0.4, 0.5) is 5.13 Å². The highest BCUT2D eigenvalue weighted by Gasteiger charge is 2.11. The summed E-state index contributed by atoms with van der Waals surface area (Å²) in [6, 6.07) is 12.5. The molecule has 3 aromatic rings. The third-order valence-electron chi connectivity index (χ3n) is 3.60. The molecule has 0 bridgehead atoms. The summed E-state index contributed by atoms with van der Waals surface area (Å²) in [7, 11) is 0. The molecule has 4 nitrogen and oxygen atoms in total. The quantitative estimate of drug-likeness (QED) is 0.571. The first kappa shape index (κ1) is 18.7. The number of nitrogens with one attached hydrogen (secondary N) is 1. The number of ether oxygens (including phenoxy) is 1. The summed E-state index contributed by atoms with van der Waals surface area (Å²) in [4.78, 5) is 17.6. The Morgan fingerprint density at radius 3 is 2.69 bits per heavy atom. The molecular formula is C19H16Cl2N2O2S. The zero-order valence-corrected chi connectivity index (χ0v) is 16.3. The third kappa shape index (κ3) is 4.55. The molecule has 1 heterocycles. The van der Waals surface area contributed by atoms with E-state index >= 15 is 0 Å². The van der Waals surface area contributed by atoms with Crippen molar-refractivity contribution in [3.05, 3.63) is 74.7 Å². The predicted molar refractivity (Wildman–Crippen MR) is 107 cm³/mol. The van der Waals surface area contributed by atoms with Crippen molar-refractivity contribution in [2.45, 2.75) is 13.3 Å². The highest BCUT2D eigenvalue weighted by atomic mass is 35.5. The highest BCUT2D eigenvalue weighted by Crippen LogP contribution is 2.29. The molecule has 0 aliphatic heterocycles. The van der Waals surface area contributed by atoms with Crippen LogP contribution in [-0.4, -0.2) is 17.5 Å². The van der Waals surface area contributed by atoms with Gasteiger partial charge >= 0.3 is 0 Å². The lowest BCUT2D eigenvalue weighted by Crippen LogP contribution is -2.11. The topological polar surface area (TPSA) is 51.2 Å². The lowest BCUT2D eigenvalue weighted by Gasteiger charge is -2.05. The van der Waals surface area contributed by atoms with E-state index in [-0.39, 0.29) is 5.91 Å². The molecule has 2 aromatic carbocycles. The van der Waals surface area contributed by atoms with Crippen LogP contribution in [0.5, 0.6) is 5.75 Å². The Morgan fingerprint density at radius 1 is 1.19 bits per heavy atom. The average molecular weight is 407 g/mol. The van der Waals surface area contributed by atoms with E-state index in [2.05, 4.69) is 10.3 Å². The van der Waals surface area contributed by atoms with Crippen LogP contribution in [0.25, 0.3) is 0 Å². The van der Waals surface area contributed by atoms with Gasteiger partial charge in [-0.25, -0.2) is 4.98 Å². The normalized spacial score (nSPS) is 10.6. The first-order valence-corrected chi connectivity index (χ1v) is 9.56. The van der Waals surface area contributed by atoms with Gasteiger partial charge in [0.2, 0.25) is 0 Å². The zero-order chi connectivity index (χ0) is 18.5. The summed E-state index contributed by atoms with van der Waals surface area (Å²) in [5, 5.41) is 4.42. The van der Waals surface area contributed by atoms with Crippen LogP contribution in [0.1, 0.15) is 27.7 Å². The van der Waals surface area contributed by atoms with Crippen molar-refractivity contribution in [3.8, 4) is 5.75 Å². The number of benzene rings is 2. The number of rotatable bonds is 6. The number of carbonyl (C=O) groups is 1. The molecule has 0 unspecified atom stereocenters. The summed E-state index contributed by atoms with van der Waals surface area (Å²) in [6.45, 7) is 2.50. The van der Waals surface area contributed by atoms with Gasteiger partial charge in [-0.05, 0) is 42.8 Å². The Hall–Kier alpha value is -2.08. The Bertz CT molecular complexity index is 910. The Kier molecular flexibility index (Phi) is 6.14. The zero-order valence-electron chi connectivity index (χ0n) is 14.0. The predicted octanol–water partition coefficient (Wildman–Crippen LogP) is 5.69. The molecule has 134 valence electrons. The number of hydrogen-bond acceptors (Lipinski definition) is 4. The fourth-order valence-corrected chi connectivity index (χ4v) is 3.58. The van der Waals surface area contributed by atoms with Crippen LogP contribution in [0.15, 0.2) is 48.7 Å². The van der Waals surface area contributed by atoms with E-state index in [9.17, 15) is 4.79 Å². The maximum absolute atomic E-state index is 12.3. The van der Waals surface area contributed by atoms with Crippen molar-refractivity contribution >= 4 is 45.6 Å². The van der Waals surface area contributed by atoms with E-state index in [0.717, 1.165) is 16.2 Å². The van der Waals surface area contributed by atoms with E-state index < -0.39 is 0 Å². The molecule has 7 heteroatoms. The standard InChI is InChI=1S/C19H16Cl2N2O2S/c1-2-25-14-8-6-12(7-9-14)18(24)23-19-22-11-15(26-19)10-13-4-3-5-16(20)17(13)21/h3-9,11H,2,10H2,1H3,(H,22,23,24). The minimum absolute atomic E-state index is 0.213. The second-order valence-corrected chi connectivity index (χ2v) is 7.33. The number of aromatic nitrogens is 1. The summed E-state index contributed by atoms with van der Waals surface area (Å²) >= 11 is 13.7. The van der Waals surface area contributed by atoms with E-state index in [1.165, 1.54) is 11.3 Å².